The molecule has 1 saturated heterocycles. The van der Waals surface area contributed by atoms with E-state index in [4.69, 9.17) is 0 Å². The van der Waals surface area contributed by atoms with Crippen LogP contribution in [0.1, 0.15) is 11.3 Å². The summed E-state index contributed by atoms with van der Waals surface area (Å²) in [7, 11) is 1.96. The fourth-order valence-electron chi connectivity index (χ4n) is 3.85. The van der Waals surface area contributed by atoms with Gasteiger partial charge in [0.1, 0.15) is 4.47 Å². The van der Waals surface area contributed by atoms with Gasteiger partial charge in [0.2, 0.25) is 0 Å². The molecule has 3 aromatic rings. The van der Waals surface area contributed by atoms with E-state index >= 15 is 0 Å². The summed E-state index contributed by atoms with van der Waals surface area (Å²) in [6, 6.07) is 18.5. The zero-order valence-corrected chi connectivity index (χ0v) is 17.9. The van der Waals surface area contributed by atoms with Gasteiger partial charge in [0.05, 0.1) is 11.4 Å². The Morgan fingerprint density at radius 2 is 1.61 bits per heavy atom. The summed E-state index contributed by atoms with van der Waals surface area (Å²) in [5, 5.41) is 0. The third-order valence-corrected chi connectivity index (χ3v) is 6.23. The summed E-state index contributed by atoms with van der Waals surface area (Å²) in [4.78, 5) is 17.6. The summed E-state index contributed by atoms with van der Waals surface area (Å²) in [6.45, 7) is 6.84. The number of rotatable bonds is 4. The number of piperazine rings is 1. The van der Waals surface area contributed by atoms with Crippen molar-refractivity contribution in [3.8, 4) is 5.69 Å². The summed E-state index contributed by atoms with van der Waals surface area (Å²) in [5.41, 5.74) is 4.47. The van der Waals surface area contributed by atoms with Crippen LogP contribution in [-0.2, 0) is 13.6 Å². The van der Waals surface area contributed by atoms with Crippen LogP contribution in [0.15, 0.2) is 63.9 Å². The molecule has 0 atom stereocenters. The predicted octanol–water partition coefficient (Wildman–Crippen LogP) is 3.57. The van der Waals surface area contributed by atoms with Crippen LogP contribution in [0.25, 0.3) is 5.69 Å². The van der Waals surface area contributed by atoms with Crippen LogP contribution in [0.4, 0.5) is 5.69 Å². The normalized spacial score (nSPS) is 15.2. The number of aromatic nitrogens is 2. The van der Waals surface area contributed by atoms with E-state index in [0.717, 1.165) is 44.1 Å². The molecule has 1 fully saturated rings. The molecular weight excluding hydrogens is 416 g/mol. The zero-order valence-electron chi connectivity index (χ0n) is 16.3. The average molecular weight is 441 g/mol. The highest BCUT2D eigenvalue weighted by Gasteiger charge is 2.22. The van der Waals surface area contributed by atoms with E-state index in [1.807, 2.05) is 42.1 Å². The van der Waals surface area contributed by atoms with Crippen molar-refractivity contribution in [2.45, 2.75) is 13.5 Å². The van der Waals surface area contributed by atoms with Gasteiger partial charge < -0.3 is 4.90 Å². The number of para-hydroxylation sites is 1. The molecule has 0 N–H and O–H groups in total. The van der Waals surface area contributed by atoms with Gasteiger partial charge >= 0.3 is 0 Å². The molecule has 5 nitrogen and oxygen atoms in total. The van der Waals surface area contributed by atoms with E-state index in [1.54, 1.807) is 4.68 Å². The number of halogens is 1. The number of hydrogen-bond donors (Lipinski definition) is 0. The zero-order chi connectivity index (χ0) is 19.7. The number of anilines is 1. The number of benzene rings is 2. The minimum Gasteiger partial charge on any atom is -0.369 e. The maximum Gasteiger partial charge on any atom is 0.286 e. The Bertz CT molecular complexity index is 1020. The molecule has 1 aliphatic heterocycles. The van der Waals surface area contributed by atoms with Crippen molar-refractivity contribution in [1.82, 2.24) is 14.3 Å². The Morgan fingerprint density at radius 3 is 2.29 bits per heavy atom. The van der Waals surface area contributed by atoms with Crippen molar-refractivity contribution in [3.05, 3.63) is 80.7 Å². The SMILES string of the molecule is Cc1cccc(N2CCN(Cc3c(Br)c(=O)n(-c4ccccc4)n3C)CC2)c1. The Morgan fingerprint density at radius 1 is 0.929 bits per heavy atom. The smallest absolute Gasteiger partial charge is 0.286 e. The minimum atomic E-state index is -0.0119. The molecular formula is C22H25BrN4O. The molecule has 0 radical (unpaired) electrons. The van der Waals surface area contributed by atoms with Crippen LogP contribution in [0, 0.1) is 6.92 Å². The minimum absolute atomic E-state index is 0.0119. The molecule has 4 rings (SSSR count). The van der Waals surface area contributed by atoms with Crippen molar-refractivity contribution in [2.75, 3.05) is 31.1 Å². The number of hydrogen-bond acceptors (Lipinski definition) is 3. The molecule has 0 amide bonds. The van der Waals surface area contributed by atoms with Crippen molar-refractivity contribution in [3.63, 3.8) is 0 Å². The number of aryl methyl sites for hydroxylation is 1. The lowest BCUT2D eigenvalue weighted by Gasteiger charge is -2.36. The first-order valence-electron chi connectivity index (χ1n) is 9.60. The Kier molecular flexibility index (Phi) is 5.42. The monoisotopic (exact) mass is 440 g/mol. The van der Waals surface area contributed by atoms with Crippen molar-refractivity contribution in [2.24, 2.45) is 7.05 Å². The fraction of sp³-hybridized carbons (Fsp3) is 0.318. The molecule has 1 aromatic heterocycles. The van der Waals surface area contributed by atoms with Crippen LogP contribution in [0.2, 0.25) is 0 Å². The van der Waals surface area contributed by atoms with E-state index in [2.05, 4.69) is 56.9 Å². The summed E-state index contributed by atoms with van der Waals surface area (Å²) < 4.78 is 4.34. The van der Waals surface area contributed by atoms with E-state index in [1.165, 1.54) is 11.3 Å². The second kappa shape index (κ2) is 7.97. The highest BCUT2D eigenvalue weighted by Crippen LogP contribution is 2.21. The van der Waals surface area contributed by atoms with E-state index < -0.39 is 0 Å². The largest absolute Gasteiger partial charge is 0.369 e. The average Bonchev–Trinajstić information content (AvgIpc) is 2.92. The van der Waals surface area contributed by atoms with Gasteiger partial charge in [-0.15, -0.1) is 0 Å². The van der Waals surface area contributed by atoms with Gasteiger partial charge in [0.15, 0.2) is 0 Å². The second-order valence-electron chi connectivity index (χ2n) is 7.34. The van der Waals surface area contributed by atoms with Crippen LogP contribution >= 0.6 is 15.9 Å². The van der Waals surface area contributed by atoms with Crippen molar-refractivity contribution in [1.29, 1.82) is 0 Å². The van der Waals surface area contributed by atoms with Gasteiger partial charge in [0.25, 0.3) is 5.56 Å². The maximum atomic E-state index is 12.8. The molecule has 6 heteroatoms. The molecule has 0 bridgehead atoms. The third kappa shape index (κ3) is 3.66. The quantitative estimate of drug-likeness (QED) is 0.621. The van der Waals surface area contributed by atoms with Crippen LogP contribution < -0.4 is 10.5 Å². The third-order valence-electron chi connectivity index (χ3n) is 5.44. The predicted molar refractivity (Wildman–Crippen MR) is 117 cm³/mol. The van der Waals surface area contributed by atoms with E-state index in [0.29, 0.717) is 4.47 Å². The first kappa shape index (κ1) is 19.0. The van der Waals surface area contributed by atoms with E-state index in [9.17, 15) is 4.79 Å². The standard InChI is InChI=1S/C22H25BrN4O/c1-17-7-6-10-19(15-17)26-13-11-25(12-14-26)16-20-21(23)22(28)27(24(20)2)18-8-4-3-5-9-18/h3-10,15H,11-14,16H2,1-2H3. The molecule has 28 heavy (non-hydrogen) atoms. The Labute approximate surface area is 173 Å². The van der Waals surface area contributed by atoms with Gasteiger partial charge in [-0.05, 0) is 52.7 Å². The molecule has 0 aliphatic carbocycles. The number of nitrogens with zero attached hydrogens (tertiary/aromatic N) is 4. The van der Waals surface area contributed by atoms with Crippen molar-refractivity contribution < 1.29 is 0 Å². The first-order chi connectivity index (χ1) is 13.5. The molecule has 1 aliphatic rings. The van der Waals surface area contributed by atoms with Gasteiger partial charge in [0, 0.05) is 45.5 Å². The molecule has 0 saturated carbocycles. The van der Waals surface area contributed by atoms with Crippen molar-refractivity contribution >= 4 is 21.6 Å². The Balaban J connectivity index is 1.50. The summed E-state index contributed by atoms with van der Waals surface area (Å²) >= 11 is 3.54. The highest BCUT2D eigenvalue weighted by molar-refractivity contribution is 9.10. The second-order valence-corrected chi connectivity index (χ2v) is 8.13. The Hall–Kier alpha value is -2.31. The lowest BCUT2D eigenvalue weighted by atomic mass is 10.2. The fourth-order valence-corrected chi connectivity index (χ4v) is 4.40. The molecule has 146 valence electrons. The van der Waals surface area contributed by atoms with Crippen LogP contribution in [-0.4, -0.2) is 40.4 Å². The van der Waals surface area contributed by atoms with Gasteiger partial charge in [-0.25, -0.2) is 4.68 Å². The van der Waals surface area contributed by atoms with Crippen LogP contribution in [0.3, 0.4) is 0 Å². The molecule has 2 aromatic carbocycles. The molecule has 0 unspecified atom stereocenters. The lowest BCUT2D eigenvalue weighted by Crippen LogP contribution is -2.46. The maximum absolute atomic E-state index is 12.8. The van der Waals surface area contributed by atoms with Crippen LogP contribution in [0.5, 0.6) is 0 Å². The van der Waals surface area contributed by atoms with E-state index in [-0.39, 0.29) is 5.56 Å². The van der Waals surface area contributed by atoms with Gasteiger partial charge in [-0.2, -0.15) is 0 Å². The summed E-state index contributed by atoms with van der Waals surface area (Å²) in [5.74, 6) is 0. The molecule has 2 heterocycles. The highest BCUT2D eigenvalue weighted by atomic mass is 79.9. The summed E-state index contributed by atoms with van der Waals surface area (Å²) in [6.07, 6.45) is 0. The first-order valence-corrected chi connectivity index (χ1v) is 10.4. The van der Waals surface area contributed by atoms with Gasteiger partial charge in [-0.3, -0.25) is 14.4 Å². The topological polar surface area (TPSA) is 33.4 Å². The lowest BCUT2D eigenvalue weighted by molar-refractivity contribution is 0.242. The molecule has 0 spiro atoms. The van der Waals surface area contributed by atoms with Gasteiger partial charge in [-0.1, -0.05) is 30.3 Å².